The monoisotopic (exact) mass is 580 g/mol. The van der Waals surface area contributed by atoms with Crippen LogP contribution in [0.3, 0.4) is 0 Å². The molecular weight excluding hydrogens is 555 g/mol. The van der Waals surface area contributed by atoms with Crippen molar-refractivity contribution in [2.75, 3.05) is 18.9 Å². The van der Waals surface area contributed by atoms with E-state index in [1.54, 1.807) is 31.5 Å². The maximum atomic E-state index is 15.3. The number of carbonyl (C=O) groups is 1. The van der Waals surface area contributed by atoms with Gasteiger partial charge in [0.1, 0.15) is 21.9 Å². The molecule has 4 rings (SSSR count). The van der Waals surface area contributed by atoms with E-state index >= 15 is 4.39 Å². The molecule has 2 aromatic heterocycles. The molecule has 1 aromatic carbocycles. The number of aromatic nitrogens is 2. The number of amides is 1. The molecule has 0 aliphatic carbocycles. The van der Waals surface area contributed by atoms with Crippen LogP contribution in [0.5, 0.6) is 0 Å². The molecule has 1 aliphatic heterocycles. The largest absolute Gasteiger partial charge is 0.463 e. The number of hydrogen-bond acceptors (Lipinski definition) is 7. The van der Waals surface area contributed by atoms with E-state index in [0.29, 0.717) is 17.0 Å². The standard InChI is InChI=1S/C23H26BrFN6O4S/c1-22(2)20(29-21(32)33)30-23(3,12-31(4)36(22,34)35)16-10-15(5-6-17(16)25)28-19-18-13(7-8-26-19)9-14(24)11-27-18/h5-11,34-35H,12H2,1-4H3,(H,26,28)(H,29,30)(H,32,33). The minimum atomic E-state index is -3.53. The van der Waals surface area contributed by atoms with Crippen LogP contribution in [0.1, 0.15) is 26.3 Å². The van der Waals surface area contributed by atoms with Crippen molar-refractivity contribution in [3.63, 3.8) is 0 Å². The van der Waals surface area contributed by atoms with E-state index in [9.17, 15) is 19.0 Å². The first-order valence-corrected chi connectivity index (χ1v) is 13.1. The van der Waals surface area contributed by atoms with Crippen molar-refractivity contribution in [2.24, 2.45) is 4.99 Å². The summed E-state index contributed by atoms with van der Waals surface area (Å²) in [5.41, 5.74) is 0.0176. The molecule has 10 nitrogen and oxygen atoms in total. The second-order valence-electron chi connectivity index (χ2n) is 9.22. The highest BCUT2D eigenvalue weighted by molar-refractivity contribution is 9.10. The maximum Gasteiger partial charge on any atom is 0.432 e. The van der Waals surface area contributed by atoms with Gasteiger partial charge >= 0.3 is 6.09 Å². The fourth-order valence-corrected chi connectivity index (χ4v) is 6.13. The summed E-state index contributed by atoms with van der Waals surface area (Å²) in [5, 5.41) is 16.4. The van der Waals surface area contributed by atoms with Gasteiger partial charge < -0.3 is 15.7 Å². The zero-order chi connectivity index (χ0) is 26.5. The number of amidine groups is 1. The van der Waals surface area contributed by atoms with Crippen molar-refractivity contribution in [3.05, 3.63) is 58.6 Å². The number of anilines is 2. The van der Waals surface area contributed by atoms with Gasteiger partial charge in [-0.2, -0.15) is 4.99 Å². The normalized spacial score (nSPS) is 23.6. The van der Waals surface area contributed by atoms with Crippen molar-refractivity contribution < 1.29 is 23.4 Å². The Morgan fingerprint density at radius 1 is 1.25 bits per heavy atom. The molecule has 5 N–H and O–H groups in total. The van der Waals surface area contributed by atoms with Crippen LogP contribution in [0, 0.1) is 5.82 Å². The summed E-state index contributed by atoms with van der Waals surface area (Å²) >= 11 is 3.40. The Labute approximate surface area is 217 Å². The van der Waals surface area contributed by atoms with Gasteiger partial charge in [0, 0.05) is 47.1 Å². The molecule has 36 heavy (non-hydrogen) atoms. The number of pyridine rings is 2. The van der Waals surface area contributed by atoms with E-state index in [-0.39, 0.29) is 17.9 Å². The summed E-state index contributed by atoms with van der Waals surface area (Å²) in [4.78, 5) is 23.9. The number of carboxylic acid groups (broad SMARTS) is 1. The van der Waals surface area contributed by atoms with Crippen LogP contribution in [0.2, 0.25) is 0 Å². The molecule has 0 saturated carbocycles. The molecule has 1 amide bonds. The SMILES string of the molecule is CN1CC(C)(c2cc(Nc3nccc4cc(Br)cnc34)ccc2F)NC(=NC(=O)O)C(C)(C)S1(O)O. The second kappa shape index (κ2) is 9.23. The lowest BCUT2D eigenvalue weighted by Gasteiger charge is -2.49. The summed E-state index contributed by atoms with van der Waals surface area (Å²) < 4.78 is 37.9. The zero-order valence-corrected chi connectivity index (χ0v) is 22.4. The molecule has 1 fully saturated rings. The number of halogens is 2. The average Bonchev–Trinajstić information content (AvgIpc) is 2.83. The highest BCUT2D eigenvalue weighted by atomic mass is 79.9. The first kappa shape index (κ1) is 26.2. The van der Waals surface area contributed by atoms with Gasteiger partial charge in [0.05, 0.1) is 5.54 Å². The molecule has 1 atom stereocenters. The summed E-state index contributed by atoms with van der Waals surface area (Å²) in [7, 11) is -2.04. The van der Waals surface area contributed by atoms with Crippen LogP contribution < -0.4 is 10.6 Å². The minimum absolute atomic E-state index is 0.0557. The van der Waals surface area contributed by atoms with E-state index in [1.165, 1.54) is 31.3 Å². The van der Waals surface area contributed by atoms with Gasteiger partial charge in [-0.05, 0) is 67.0 Å². The van der Waals surface area contributed by atoms with Gasteiger partial charge in [-0.1, -0.05) is 0 Å². The molecule has 0 radical (unpaired) electrons. The number of nitrogens with one attached hydrogen (secondary N) is 2. The van der Waals surface area contributed by atoms with Crippen molar-refractivity contribution in [1.29, 1.82) is 0 Å². The lowest BCUT2D eigenvalue weighted by atomic mass is 9.90. The molecule has 192 valence electrons. The van der Waals surface area contributed by atoms with E-state index < -0.39 is 33.0 Å². The molecule has 3 aromatic rings. The lowest BCUT2D eigenvalue weighted by Crippen LogP contribution is -2.51. The van der Waals surface area contributed by atoms with Gasteiger partial charge in [-0.15, -0.1) is 10.8 Å². The third-order valence-corrected chi connectivity index (χ3v) is 9.21. The quantitative estimate of drug-likeness (QED) is 0.269. The number of rotatable bonds is 3. The summed E-state index contributed by atoms with van der Waals surface area (Å²) in [6.45, 7) is 4.55. The van der Waals surface area contributed by atoms with Crippen molar-refractivity contribution in [1.82, 2.24) is 19.6 Å². The van der Waals surface area contributed by atoms with Crippen molar-refractivity contribution >= 4 is 61.0 Å². The van der Waals surface area contributed by atoms with Gasteiger partial charge in [-0.25, -0.2) is 18.5 Å². The topological polar surface area (TPSA) is 143 Å². The third kappa shape index (κ3) is 4.64. The Balaban J connectivity index is 1.79. The Kier molecular flexibility index (Phi) is 6.73. The number of nitrogens with zero attached hydrogens (tertiary/aromatic N) is 4. The molecule has 13 heteroatoms. The van der Waals surface area contributed by atoms with Crippen LogP contribution in [0.4, 0.5) is 20.7 Å². The van der Waals surface area contributed by atoms with E-state index in [1.807, 2.05) is 12.1 Å². The van der Waals surface area contributed by atoms with Crippen LogP contribution in [0.25, 0.3) is 10.9 Å². The van der Waals surface area contributed by atoms with Gasteiger partial charge in [0.25, 0.3) is 0 Å². The minimum Gasteiger partial charge on any atom is -0.463 e. The molecule has 3 heterocycles. The van der Waals surface area contributed by atoms with Gasteiger partial charge in [0.2, 0.25) is 0 Å². The number of hydrogen-bond donors (Lipinski definition) is 5. The number of fused-ring (bicyclic) bond motifs is 1. The lowest BCUT2D eigenvalue weighted by molar-refractivity contribution is 0.205. The van der Waals surface area contributed by atoms with E-state index in [4.69, 9.17) is 0 Å². The Bertz CT molecular complexity index is 1390. The first-order valence-electron chi connectivity index (χ1n) is 10.8. The molecule has 0 bridgehead atoms. The predicted octanol–water partition coefficient (Wildman–Crippen LogP) is 5.55. The van der Waals surface area contributed by atoms with Crippen LogP contribution >= 0.6 is 26.7 Å². The molecular formula is C23H26BrFN6O4S. The van der Waals surface area contributed by atoms with Crippen molar-refractivity contribution in [3.8, 4) is 0 Å². The van der Waals surface area contributed by atoms with Crippen LogP contribution in [-0.2, 0) is 5.54 Å². The smallest absolute Gasteiger partial charge is 0.432 e. The van der Waals surface area contributed by atoms with Crippen LogP contribution in [-0.4, -0.2) is 58.8 Å². The number of likely N-dealkylation sites (N-methyl/N-ethyl adjacent to an activating group) is 1. The number of aliphatic imine (C=N–C) groups is 1. The molecule has 1 aliphatic rings. The van der Waals surface area contributed by atoms with Crippen molar-refractivity contribution in [2.45, 2.75) is 31.1 Å². The fourth-order valence-electron chi connectivity index (χ4n) is 4.20. The van der Waals surface area contributed by atoms with Crippen LogP contribution in [0.15, 0.2) is 52.2 Å². The molecule has 1 saturated heterocycles. The predicted molar refractivity (Wildman–Crippen MR) is 142 cm³/mol. The maximum absolute atomic E-state index is 15.3. The Morgan fingerprint density at radius 3 is 2.67 bits per heavy atom. The highest BCUT2D eigenvalue weighted by Gasteiger charge is 2.50. The molecule has 0 spiro atoms. The Morgan fingerprint density at radius 2 is 1.97 bits per heavy atom. The summed E-state index contributed by atoms with van der Waals surface area (Å²) in [6, 6.07) is 8.12. The average molecular weight is 581 g/mol. The third-order valence-electron chi connectivity index (χ3n) is 6.22. The fraction of sp³-hybridized carbons (Fsp3) is 0.304. The van der Waals surface area contributed by atoms with E-state index in [2.05, 4.69) is 41.5 Å². The molecule has 1 unspecified atom stereocenters. The Hall–Kier alpha value is -2.84. The highest BCUT2D eigenvalue weighted by Crippen LogP contribution is 2.57. The summed E-state index contributed by atoms with van der Waals surface area (Å²) in [6.07, 6.45) is 1.78. The zero-order valence-electron chi connectivity index (χ0n) is 20.0. The second-order valence-corrected chi connectivity index (χ2v) is 12.8. The van der Waals surface area contributed by atoms with Gasteiger partial charge in [-0.3, -0.25) is 14.1 Å². The number of benzene rings is 1. The first-order chi connectivity index (χ1) is 16.7. The van der Waals surface area contributed by atoms with E-state index in [0.717, 1.165) is 9.86 Å². The summed E-state index contributed by atoms with van der Waals surface area (Å²) in [5.74, 6) is -0.273. The van der Waals surface area contributed by atoms with Gasteiger partial charge in [0.15, 0.2) is 5.82 Å².